The smallest absolute Gasteiger partial charge is 0.300 e. The average Bonchev–Trinajstić information content (AvgIpc) is 3.55. The van der Waals surface area contributed by atoms with Gasteiger partial charge in [0.2, 0.25) is 0 Å². The molecule has 202 valence electrons. The lowest BCUT2D eigenvalue weighted by atomic mass is 9.83. The number of nitrogens with one attached hydrogen (secondary N) is 2. The first-order valence-corrected chi connectivity index (χ1v) is 14.2. The highest BCUT2D eigenvalue weighted by atomic mass is 16.3. The van der Waals surface area contributed by atoms with E-state index in [9.17, 15) is 0 Å². The van der Waals surface area contributed by atoms with Crippen LogP contribution in [0.1, 0.15) is 18.4 Å². The lowest BCUT2D eigenvalue weighted by molar-refractivity contribution is -0.555. The molecule has 0 saturated carbocycles. The number of aromatic nitrogens is 2. The first-order valence-electron chi connectivity index (χ1n) is 14.2. The van der Waals surface area contributed by atoms with E-state index in [2.05, 4.69) is 106 Å². The minimum atomic E-state index is 0.0934. The highest BCUT2D eigenvalue weighted by molar-refractivity contribution is 6.06. The van der Waals surface area contributed by atoms with Gasteiger partial charge in [0.1, 0.15) is 22.6 Å². The van der Waals surface area contributed by atoms with E-state index in [1.54, 1.807) is 0 Å². The molecular weight excluding hydrogens is 504 g/mol. The molecule has 2 unspecified atom stereocenters. The van der Waals surface area contributed by atoms with Crippen LogP contribution >= 0.6 is 0 Å². The number of hydrogen-bond donors (Lipinski definition) is 2. The molecular formula is C36H33N4O+. The lowest BCUT2D eigenvalue weighted by Crippen LogP contribution is -2.37. The molecule has 1 aliphatic heterocycles. The van der Waals surface area contributed by atoms with E-state index < -0.39 is 0 Å². The first kappa shape index (κ1) is 25.2. The van der Waals surface area contributed by atoms with Crippen molar-refractivity contribution in [2.45, 2.75) is 25.3 Å². The van der Waals surface area contributed by atoms with Gasteiger partial charge in [0.05, 0.1) is 5.56 Å². The Hall–Kier alpha value is -4.74. The van der Waals surface area contributed by atoms with E-state index in [0.717, 1.165) is 80.6 Å². The minimum absolute atomic E-state index is 0.0934. The van der Waals surface area contributed by atoms with Crippen molar-refractivity contribution in [3.05, 3.63) is 115 Å². The van der Waals surface area contributed by atoms with Gasteiger partial charge in [-0.2, -0.15) is 9.13 Å². The van der Waals surface area contributed by atoms with E-state index in [0.29, 0.717) is 0 Å². The van der Waals surface area contributed by atoms with Crippen LogP contribution in [0.4, 0.5) is 0 Å². The second-order valence-electron chi connectivity index (χ2n) is 11.0. The van der Waals surface area contributed by atoms with Crippen molar-refractivity contribution in [2.24, 2.45) is 5.92 Å². The zero-order chi connectivity index (χ0) is 28.1. The predicted molar refractivity (Wildman–Crippen MR) is 169 cm³/mol. The third-order valence-electron chi connectivity index (χ3n) is 8.66. The maximum Gasteiger partial charge on any atom is 0.300 e. The quantitative estimate of drug-likeness (QED) is 0.179. The Labute approximate surface area is 239 Å². The van der Waals surface area contributed by atoms with Crippen molar-refractivity contribution in [2.75, 3.05) is 7.05 Å². The molecule has 0 bridgehead atoms. The maximum absolute atomic E-state index is 8.03. The molecule has 0 aliphatic carbocycles. The van der Waals surface area contributed by atoms with E-state index in [1.807, 2.05) is 19.2 Å². The molecule has 0 saturated heterocycles. The monoisotopic (exact) mass is 537 g/mol. The van der Waals surface area contributed by atoms with Crippen molar-refractivity contribution in [1.82, 2.24) is 9.88 Å². The zero-order valence-electron chi connectivity index (χ0n) is 23.2. The number of furan rings is 1. The second kappa shape index (κ2) is 10.0. The van der Waals surface area contributed by atoms with Crippen LogP contribution in [0.2, 0.25) is 0 Å². The Balaban J connectivity index is 1.61. The van der Waals surface area contributed by atoms with E-state index in [4.69, 9.17) is 9.83 Å². The van der Waals surface area contributed by atoms with Crippen LogP contribution in [-0.2, 0) is 6.42 Å². The van der Waals surface area contributed by atoms with Crippen LogP contribution in [-0.4, -0.2) is 23.9 Å². The van der Waals surface area contributed by atoms with Gasteiger partial charge in [0, 0.05) is 35.4 Å². The standard InChI is InChI=1S/C36H33N4O/c1-23(22-37)27-18-17-25-20-30-28-13-7-10-16-34(28)41-35(30)21-29(25)36-39(24(2)19-31(27)38-3)32-14-8-9-15-33(32)40(36)26-11-5-4-6-12-26/h4-16,20-22,27,31,37-38H,1-2,17-19H2,3H3/q+1. The van der Waals surface area contributed by atoms with Gasteiger partial charge in [0.25, 0.3) is 5.82 Å². The van der Waals surface area contributed by atoms with Crippen LogP contribution < -0.4 is 9.88 Å². The Kier molecular flexibility index (Phi) is 6.17. The number of fused-ring (bicyclic) bond motifs is 8. The van der Waals surface area contributed by atoms with Crippen molar-refractivity contribution < 1.29 is 8.98 Å². The summed E-state index contributed by atoms with van der Waals surface area (Å²) in [7, 11) is 2.00. The fraction of sp³-hybridized carbons (Fsp3) is 0.167. The molecule has 2 aromatic heterocycles. The molecule has 1 aliphatic rings. The number of para-hydroxylation sites is 4. The van der Waals surface area contributed by atoms with Gasteiger partial charge in [-0.3, -0.25) is 0 Å². The van der Waals surface area contributed by atoms with E-state index in [1.165, 1.54) is 11.8 Å². The van der Waals surface area contributed by atoms with Gasteiger partial charge in [-0.05, 0) is 73.5 Å². The highest BCUT2D eigenvalue weighted by Gasteiger charge is 2.35. The predicted octanol–water partition coefficient (Wildman–Crippen LogP) is 7.70. The summed E-state index contributed by atoms with van der Waals surface area (Å²) in [5, 5.41) is 13.8. The van der Waals surface area contributed by atoms with Gasteiger partial charge in [0.15, 0.2) is 11.0 Å². The largest absolute Gasteiger partial charge is 0.456 e. The summed E-state index contributed by atoms with van der Waals surface area (Å²) in [5.74, 6) is 1.17. The number of hydrogen-bond acceptors (Lipinski definition) is 3. The molecule has 6 aromatic rings. The van der Waals surface area contributed by atoms with Gasteiger partial charge in [-0.15, -0.1) is 0 Å². The number of benzene rings is 4. The highest BCUT2D eigenvalue weighted by Crippen LogP contribution is 2.39. The minimum Gasteiger partial charge on any atom is -0.456 e. The molecule has 0 amide bonds. The van der Waals surface area contributed by atoms with Crippen LogP contribution in [0.3, 0.4) is 0 Å². The van der Waals surface area contributed by atoms with Crippen LogP contribution in [0.25, 0.3) is 55.7 Å². The molecule has 5 nitrogen and oxygen atoms in total. The molecule has 3 heterocycles. The topological polar surface area (TPSA) is 57.8 Å². The van der Waals surface area contributed by atoms with E-state index in [-0.39, 0.29) is 12.0 Å². The Morgan fingerprint density at radius 1 is 0.976 bits per heavy atom. The van der Waals surface area contributed by atoms with Crippen LogP contribution in [0.15, 0.2) is 114 Å². The Bertz CT molecular complexity index is 1980. The summed E-state index contributed by atoms with van der Waals surface area (Å²) >= 11 is 0. The molecule has 2 atom stereocenters. The van der Waals surface area contributed by atoms with Crippen molar-refractivity contribution in [3.8, 4) is 17.1 Å². The summed E-state index contributed by atoms with van der Waals surface area (Å²) in [6.07, 6.45) is 3.84. The fourth-order valence-electron chi connectivity index (χ4n) is 6.65. The normalized spacial score (nSPS) is 17.4. The SMILES string of the molecule is C=C(C=N)C1CCc2cc3c(cc2-c2n(c4ccccc4[n+]2-c2ccccc2)C(=C)CC1NC)oc1ccccc13. The summed E-state index contributed by atoms with van der Waals surface area (Å²) in [6, 6.07) is 32.0. The third-order valence-corrected chi connectivity index (χ3v) is 8.66. The lowest BCUT2D eigenvalue weighted by Gasteiger charge is -2.29. The molecule has 41 heavy (non-hydrogen) atoms. The van der Waals surface area contributed by atoms with Gasteiger partial charge >= 0.3 is 0 Å². The van der Waals surface area contributed by atoms with Gasteiger partial charge in [-0.25, -0.2) is 0 Å². The van der Waals surface area contributed by atoms with Crippen LogP contribution in [0, 0.1) is 11.3 Å². The van der Waals surface area contributed by atoms with Crippen molar-refractivity contribution >= 4 is 44.9 Å². The van der Waals surface area contributed by atoms with Crippen molar-refractivity contribution in [1.29, 1.82) is 5.41 Å². The molecule has 4 aromatic carbocycles. The molecule has 5 heteroatoms. The number of imidazole rings is 1. The molecule has 2 N–H and O–H groups in total. The van der Waals surface area contributed by atoms with E-state index >= 15 is 0 Å². The maximum atomic E-state index is 8.03. The molecule has 7 rings (SSSR count). The second-order valence-corrected chi connectivity index (χ2v) is 11.0. The Morgan fingerprint density at radius 2 is 1.73 bits per heavy atom. The summed E-state index contributed by atoms with van der Waals surface area (Å²) < 4.78 is 11.1. The molecule has 0 fully saturated rings. The third kappa shape index (κ3) is 4.04. The average molecular weight is 538 g/mol. The first-order chi connectivity index (χ1) is 20.1. The molecule has 0 spiro atoms. The zero-order valence-corrected chi connectivity index (χ0v) is 23.2. The number of aryl methyl sites for hydroxylation is 1. The van der Waals surface area contributed by atoms with Gasteiger partial charge < -0.3 is 15.1 Å². The number of nitrogens with zero attached hydrogens (tertiary/aromatic N) is 2. The fourth-order valence-corrected chi connectivity index (χ4v) is 6.65. The van der Waals surface area contributed by atoms with Crippen molar-refractivity contribution in [3.63, 3.8) is 0 Å². The summed E-state index contributed by atoms with van der Waals surface area (Å²) in [4.78, 5) is 0. The van der Waals surface area contributed by atoms with Gasteiger partial charge in [-0.1, -0.05) is 61.7 Å². The Morgan fingerprint density at radius 3 is 2.54 bits per heavy atom. The van der Waals surface area contributed by atoms with Crippen LogP contribution in [0.5, 0.6) is 0 Å². The molecule has 0 radical (unpaired) electrons. The summed E-state index contributed by atoms with van der Waals surface area (Å²) in [6.45, 7) is 8.96. The summed E-state index contributed by atoms with van der Waals surface area (Å²) in [5.41, 5.74) is 9.27. The number of rotatable bonds is 4.